The maximum Gasteiger partial charge on any atom is 0.190 e. The molecule has 4 nitrogen and oxygen atoms in total. The molecule has 21 heavy (non-hydrogen) atoms. The number of ketones is 1. The summed E-state index contributed by atoms with van der Waals surface area (Å²) in [6, 6.07) is 10.1. The van der Waals surface area contributed by atoms with Crippen molar-refractivity contribution in [3.05, 3.63) is 34.9 Å². The van der Waals surface area contributed by atoms with Crippen LogP contribution in [0.5, 0.6) is 0 Å². The van der Waals surface area contributed by atoms with Gasteiger partial charge in [-0.1, -0.05) is 23.9 Å². The van der Waals surface area contributed by atoms with Crippen LogP contribution < -0.4 is 4.90 Å². The van der Waals surface area contributed by atoms with Gasteiger partial charge in [-0.3, -0.25) is 9.69 Å². The summed E-state index contributed by atoms with van der Waals surface area (Å²) in [5.41, 5.74) is 1.34. The van der Waals surface area contributed by atoms with E-state index >= 15 is 0 Å². The van der Waals surface area contributed by atoms with Gasteiger partial charge in [0.1, 0.15) is 16.7 Å². The molecule has 3 rings (SSSR count). The summed E-state index contributed by atoms with van der Waals surface area (Å²) in [5, 5.41) is 10.2. The Kier molecular flexibility index (Phi) is 4.00. The first-order valence-corrected chi connectivity index (χ1v) is 7.93. The number of carbonyl (C=O) groups is 1. The smallest absolute Gasteiger partial charge is 0.190 e. The van der Waals surface area contributed by atoms with E-state index < -0.39 is 0 Å². The second-order valence-corrected chi connectivity index (χ2v) is 6.36. The van der Waals surface area contributed by atoms with E-state index in [0.717, 1.165) is 41.5 Å². The predicted octanol–water partition coefficient (Wildman–Crippen LogP) is 2.63. The number of fused-ring (bicyclic) bond motifs is 1. The second kappa shape index (κ2) is 5.92. The number of carbonyl (C=O) groups excluding carboxylic acids is 1. The van der Waals surface area contributed by atoms with Crippen molar-refractivity contribution in [3.8, 4) is 6.07 Å². The van der Waals surface area contributed by atoms with Crippen LogP contribution in [0.2, 0.25) is 0 Å². The van der Waals surface area contributed by atoms with Gasteiger partial charge in [-0.15, -0.1) is 0 Å². The molecule has 1 fully saturated rings. The van der Waals surface area contributed by atoms with Crippen molar-refractivity contribution in [1.82, 2.24) is 4.90 Å². The standard InChI is InChI=1S/C16H17N3OS/c1-18-13-6-2-3-7-15(13)21-16(18)12(10-17)14(20)11-19-8-4-5-9-19/h2-3,6-7H,4-5,8-9,11H2,1H3/b16-12-. The lowest BCUT2D eigenvalue weighted by Crippen LogP contribution is -2.28. The molecule has 0 N–H and O–H groups in total. The zero-order valence-corrected chi connectivity index (χ0v) is 12.8. The first-order chi connectivity index (χ1) is 10.2. The van der Waals surface area contributed by atoms with Gasteiger partial charge < -0.3 is 4.90 Å². The Morgan fingerprint density at radius 3 is 2.71 bits per heavy atom. The van der Waals surface area contributed by atoms with Crippen molar-refractivity contribution in [2.45, 2.75) is 17.7 Å². The minimum absolute atomic E-state index is 0.0680. The lowest BCUT2D eigenvalue weighted by atomic mass is 10.2. The van der Waals surface area contributed by atoms with E-state index in [-0.39, 0.29) is 11.4 Å². The number of hydrogen-bond donors (Lipinski definition) is 0. The molecule has 0 atom stereocenters. The Morgan fingerprint density at radius 2 is 2.05 bits per heavy atom. The SMILES string of the molecule is CN1/C(=C(\C#N)C(=O)CN2CCCC2)Sc2ccccc21. The highest BCUT2D eigenvalue weighted by molar-refractivity contribution is 8.03. The zero-order chi connectivity index (χ0) is 14.8. The molecule has 5 heteroatoms. The van der Waals surface area contributed by atoms with Crippen molar-refractivity contribution >= 4 is 23.2 Å². The molecule has 0 bridgehead atoms. The Balaban J connectivity index is 1.86. The molecule has 0 amide bonds. The molecule has 0 saturated carbocycles. The number of thioether (sulfide) groups is 1. The molecular formula is C16H17N3OS. The van der Waals surface area contributed by atoms with Gasteiger partial charge >= 0.3 is 0 Å². The van der Waals surface area contributed by atoms with Crippen LogP contribution in [0, 0.1) is 11.3 Å². The van der Waals surface area contributed by atoms with Gasteiger partial charge in [0.05, 0.1) is 12.2 Å². The zero-order valence-electron chi connectivity index (χ0n) is 12.0. The van der Waals surface area contributed by atoms with Crippen molar-refractivity contribution in [2.24, 2.45) is 0 Å². The second-order valence-electron chi connectivity index (χ2n) is 5.33. The molecule has 0 radical (unpaired) electrons. The van der Waals surface area contributed by atoms with Crippen LogP contribution >= 0.6 is 11.8 Å². The van der Waals surface area contributed by atoms with Gasteiger partial charge in [0.25, 0.3) is 0 Å². The molecule has 0 unspecified atom stereocenters. The van der Waals surface area contributed by atoms with Crippen LogP contribution in [0.3, 0.4) is 0 Å². The number of Topliss-reactive ketones (excluding diaryl/α,β-unsaturated/α-hetero) is 1. The molecule has 1 saturated heterocycles. The molecule has 0 aromatic heterocycles. The fourth-order valence-corrected chi connectivity index (χ4v) is 3.93. The number of rotatable bonds is 3. The number of anilines is 1. The van der Waals surface area contributed by atoms with Crippen molar-refractivity contribution in [2.75, 3.05) is 31.6 Å². The fourth-order valence-electron chi connectivity index (χ4n) is 2.77. The molecule has 2 aliphatic rings. The average molecular weight is 299 g/mol. The monoisotopic (exact) mass is 299 g/mol. The topological polar surface area (TPSA) is 47.3 Å². The molecule has 2 aliphatic heterocycles. The van der Waals surface area contributed by atoms with E-state index in [9.17, 15) is 10.1 Å². The van der Waals surface area contributed by atoms with Crippen LogP contribution in [0.25, 0.3) is 0 Å². The van der Waals surface area contributed by atoms with Crippen molar-refractivity contribution in [1.29, 1.82) is 5.26 Å². The fraction of sp³-hybridized carbons (Fsp3) is 0.375. The third-order valence-corrected chi connectivity index (χ3v) is 5.14. The first-order valence-electron chi connectivity index (χ1n) is 7.11. The minimum Gasteiger partial charge on any atom is -0.337 e. The Hall–Kier alpha value is -1.77. The summed E-state index contributed by atoms with van der Waals surface area (Å²) < 4.78 is 0. The van der Waals surface area contributed by atoms with E-state index in [2.05, 4.69) is 11.0 Å². The highest BCUT2D eigenvalue weighted by atomic mass is 32.2. The summed E-state index contributed by atoms with van der Waals surface area (Å²) in [5.74, 6) is -0.0680. The van der Waals surface area contributed by atoms with Crippen LogP contribution in [-0.4, -0.2) is 37.4 Å². The van der Waals surface area contributed by atoms with E-state index in [1.807, 2.05) is 36.2 Å². The van der Waals surface area contributed by atoms with E-state index in [1.165, 1.54) is 11.8 Å². The Labute approximate surface area is 129 Å². The number of para-hydroxylation sites is 1. The third-order valence-electron chi connectivity index (χ3n) is 3.91. The number of nitriles is 1. The Bertz CT molecular complexity index is 641. The number of nitrogens with zero attached hydrogens (tertiary/aromatic N) is 3. The molecule has 2 heterocycles. The van der Waals surface area contributed by atoms with E-state index in [1.54, 1.807) is 0 Å². The van der Waals surface area contributed by atoms with E-state index in [0.29, 0.717) is 6.54 Å². The van der Waals surface area contributed by atoms with Crippen LogP contribution in [0.15, 0.2) is 39.8 Å². The van der Waals surface area contributed by atoms with Gasteiger partial charge in [0, 0.05) is 11.9 Å². The molecule has 0 aliphatic carbocycles. The predicted molar refractivity (Wildman–Crippen MR) is 84.0 cm³/mol. The lowest BCUT2D eigenvalue weighted by molar-refractivity contribution is -0.116. The highest BCUT2D eigenvalue weighted by Gasteiger charge is 2.28. The summed E-state index contributed by atoms with van der Waals surface area (Å²) >= 11 is 1.51. The molecule has 0 spiro atoms. The van der Waals surface area contributed by atoms with Crippen molar-refractivity contribution in [3.63, 3.8) is 0 Å². The summed E-state index contributed by atoms with van der Waals surface area (Å²) in [4.78, 5) is 17.6. The lowest BCUT2D eigenvalue weighted by Gasteiger charge is -2.17. The van der Waals surface area contributed by atoms with Gasteiger partial charge in [-0.2, -0.15) is 5.26 Å². The molecule has 1 aromatic rings. The van der Waals surface area contributed by atoms with Crippen molar-refractivity contribution < 1.29 is 4.79 Å². The first kappa shape index (κ1) is 14.2. The highest BCUT2D eigenvalue weighted by Crippen LogP contribution is 2.46. The molecule has 1 aromatic carbocycles. The quantitative estimate of drug-likeness (QED) is 0.634. The van der Waals surface area contributed by atoms with Gasteiger partial charge in [0.15, 0.2) is 5.78 Å². The summed E-state index contributed by atoms with van der Waals surface area (Å²) in [6.45, 7) is 2.28. The Morgan fingerprint density at radius 1 is 1.33 bits per heavy atom. The summed E-state index contributed by atoms with van der Waals surface area (Å²) in [7, 11) is 1.91. The van der Waals surface area contributed by atoms with Gasteiger partial charge in [-0.05, 0) is 38.1 Å². The van der Waals surface area contributed by atoms with Crippen LogP contribution in [0.1, 0.15) is 12.8 Å². The molecule has 108 valence electrons. The maximum atomic E-state index is 12.5. The maximum absolute atomic E-state index is 12.5. The van der Waals surface area contributed by atoms with Crippen LogP contribution in [0.4, 0.5) is 5.69 Å². The van der Waals surface area contributed by atoms with E-state index in [4.69, 9.17) is 0 Å². The number of likely N-dealkylation sites (tertiary alicyclic amines) is 1. The van der Waals surface area contributed by atoms with Crippen LogP contribution in [-0.2, 0) is 4.79 Å². The van der Waals surface area contributed by atoms with Gasteiger partial charge in [0.2, 0.25) is 0 Å². The largest absolute Gasteiger partial charge is 0.337 e. The number of hydrogen-bond acceptors (Lipinski definition) is 5. The van der Waals surface area contributed by atoms with Gasteiger partial charge in [-0.25, -0.2) is 0 Å². The minimum atomic E-state index is -0.0680. The molecular weight excluding hydrogens is 282 g/mol. The average Bonchev–Trinajstić information content (AvgIpc) is 3.10. The third kappa shape index (κ3) is 2.69. The number of benzene rings is 1. The summed E-state index contributed by atoms with van der Waals surface area (Å²) in [6.07, 6.45) is 2.29. The normalized spacial score (nSPS) is 20.3.